The summed E-state index contributed by atoms with van der Waals surface area (Å²) in [5, 5.41) is 23.2. The van der Waals surface area contributed by atoms with Gasteiger partial charge in [-0.05, 0) is 57.8 Å². The highest BCUT2D eigenvalue weighted by Crippen LogP contribution is 2.19. The zero-order chi connectivity index (χ0) is 55.7. The summed E-state index contributed by atoms with van der Waals surface area (Å²) in [5.41, 5.74) is 0. The summed E-state index contributed by atoms with van der Waals surface area (Å²) in [6, 6.07) is -0.625. The first kappa shape index (κ1) is 75.3. The average molecular weight is 1080 g/mol. The third-order valence-corrected chi connectivity index (χ3v) is 16.5. The van der Waals surface area contributed by atoms with Crippen LogP contribution in [0.3, 0.4) is 0 Å². The third-order valence-electron chi connectivity index (χ3n) is 16.5. The lowest BCUT2D eigenvalue weighted by atomic mass is 10.0. The lowest BCUT2D eigenvalue weighted by Gasteiger charge is -2.20. The Morgan fingerprint density at radius 2 is 0.610 bits per heavy atom. The summed E-state index contributed by atoms with van der Waals surface area (Å²) in [5.74, 6) is -0.0434. The van der Waals surface area contributed by atoms with Crippen LogP contribution in [0.4, 0.5) is 0 Å². The maximum Gasteiger partial charge on any atom is 0.305 e. The molecule has 0 aromatic carbocycles. The molecule has 3 N–H and O–H groups in total. The molecule has 0 saturated heterocycles. The molecule has 0 aromatic rings. The fourth-order valence-electron chi connectivity index (χ4n) is 11.1. The SMILES string of the molecule is CCCCCCCCCCCCCCCC/C=C/C(O)C(CO)NC(=O)CCCCCCCCCCCCCCCCCC/C=C\CCCCCCCCCCCCCCOC(=O)CCCCCCCCCCCCCC. The summed E-state index contributed by atoms with van der Waals surface area (Å²) < 4.78 is 5.48. The van der Waals surface area contributed by atoms with Crippen molar-refractivity contribution in [2.45, 2.75) is 405 Å². The number of rotatable bonds is 66. The van der Waals surface area contributed by atoms with Crippen LogP contribution in [0.1, 0.15) is 393 Å². The van der Waals surface area contributed by atoms with Gasteiger partial charge in [0.15, 0.2) is 0 Å². The van der Waals surface area contributed by atoms with E-state index >= 15 is 0 Å². The second-order valence-electron chi connectivity index (χ2n) is 24.2. The van der Waals surface area contributed by atoms with Gasteiger partial charge in [0, 0.05) is 12.8 Å². The van der Waals surface area contributed by atoms with Gasteiger partial charge in [0.2, 0.25) is 5.91 Å². The summed E-state index contributed by atoms with van der Waals surface area (Å²) in [6.07, 6.45) is 84.1. The third kappa shape index (κ3) is 63.4. The molecule has 0 aliphatic heterocycles. The van der Waals surface area contributed by atoms with Crippen molar-refractivity contribution in [2.75, 3.05) is 13.2 Å². The van der Waals surface area contributed by atoms with Crippen molar-refractivity contribution in [3.63, 3.8) is 0 Å². The molecule has 0 bridgehead atoms. The van der Waals surface area contributed by atoms with Gasteiger partial charge < -0.3 is 20.3 Å². The van der Waals surface area contributed by atoms with Gasteiger partial charge in [-0.3, -0.25) is 9.59 Å². The molecule has 456 valence electrons. The smallest absolute Gasteiger partial charge is 0.305 e. The van der Waals surface area contributed by atoms with Crippen LogP contribution in [0, 0.1) is 0 Å². The first-order valence-corrected chi connectivity index (χ1v) is 35.1. The van der Waals surface area contributed by atoms with Crippen molar-refractivity contribution in [2.24, 2.45) is 0 Å². The van der Waals surface area contributed by atoms with Crippen molar-refractivity contribution in [1.29, 1.82) is 0 Å². The average Bonchev–Trinajstić information content (AvgIpc) is 3.43. The first-order valence-electron chi connectivity index (χ1n) is 35.1. The van der Waals surface area contributed by atoms with Crippen molar-refractivity contribution in [3.05, 3.63) is 24.3 Å². The summed E-state index contributed by atoms with van der Waals surface area (Å²) in [4.78, 5) is 24.5. The number of hydrogen-bond donors (Lipinski definition) is 3. The van der Waals surface area contributed by atoms with Gasteiger partial charge in [-0.1, -0.05) is 346 Å². The van der Waals surface area contributed by atoms with Crippen LogP contribution in [0.15, 0.2) is 24.3 Å². The molecule has 1 amide bonds. The minimum atomic E-state index is -0.842. The quantitative estimate of drug-likeness (QED) is 0.0320. The Balaban J connectivity index is 3.37. The van der Waals surface area contributed by atoms with Crippen LogP contribution in [-0.4, -0.2) is 47.4 Å². The minimum Gasteiger partial charge on any atom is -0.466 e. The molecule has 0 aliphatic rings. The van der Waals surface area contributed by atoms with Gasteiger partial charge in [-0.15, -0.1) is 0 Å². The summed E-state index contributed by atoms with van der Waals surface area (Å²) in [7, 11) is 0. The molecule has 0 fully saturated rings. The van der Waals surface area contributed by atoms with Gasteiger partial charge in [-0.25, -0.2) is 0 Å². The fourth-order valence-corrected chi connectivity index (χ4v) is 11.1. The van der Waals surface area contributed by atoms with Crippen molar-refractivity contribution < 1.29 is 24.5 Å². The Morgan fingerprint density at radius 3 is 0.922 bits per heavy atom. The summed E-state index contributed by atoms with van der Waals surface area (Å²) in [6.45, 7) is 4.94. The number of aliphatic hydroxyl groups is 2. The molecule has 0 heterocycles. The Hall–Kier alpha value is -1.66. The van der Waals surface area contributed by atoms with Crippen LogP contribution in [0.5, 0.6) is 0 Å². The minimum absolute atomic E-state index is 0.0191. The van der Waals surface area contributed by atoms with E-state index in [0.717, 1.165) is 38.5 Å². The number of allylic oxidation sites excluding steroid dienone is 3. The molecule has 0 aliphatic carbocycles. The highest BCUT2D eigenvalue weighted by molar-refractivity contribution is 5.76. The number of amides is 1. The van der Waals surface area contributed by atoms with E-state index in [1.807, 2.05) is 6.08 Å². The topological polar surface area (TPSA) is 95.9 Å². The maximum atomic E-state index is 12.5. The van der Waals surface area contributed by atoms with Crippen molar-refractivity contribution >= 4 is 11.9 Å². The van der Waals surface area contributed by atoms with Crippen LogP contribution in [0.2, 0.25) is 0 Å². The highest BCUT2D eigenvalue weighted by atomic mass is 16.5. The van der Waals surface area contributed by atoms with Crippen LogP contribution in [-0.2, 0) is 14.3 Å². The number of carbonyl (C=O) groups is 2. The monoisotopic (exact) mass is 1080 g/mol. The number of nitrogens with one attached hydrogen (secondary N) is 1. The molecule has 0 radical (unpaired) electrons. The van der Waals surface area contributed by atoms with E-state index in [4.69, 9.17) is 4.74 Å². The van der Waals surface area contributed by atoms with E-state index in [1.54, 1.807) is 6.08 Å². The van der Waals surface area contributed by atoms with Crippen LogP contribution >= 0.6 is 0 Å². The number of hydrogen-bond acceptors (Lipinski definition) is 5. The zero-order valence-corrected chi connectivity index (χ0v) is 52.2. The van der Waals surface area contributed by atoms with Crippen LogP contribution in [0.25, 0.3) is 0 Å². The Morgan fingerprint density at radius 1 is 0.351 bits per heavy atom. The molecule has 0 aromatic heterocycles. The van der Waals surface area contributed by atoms with Crippen molar-refractivity contribution in [3.8, 4) is 0 Å². The lowest BCUT2D eigenvalue weighted by Crippen LogP contribution is -2.45. The number of unbranched alkanes of at least 4 members (excludes halogenated alkanes) is 53. The lowest BCUT2D eigenvalue weighted by molar-refractivity contribution is -0.143. The molecule has 2 unspecified atom stereocenters. The Labute approximate surface area is 481 Å². The van der Waals surface area contributed by atoms with Gasteiger partial charge in [0.05, 0.1) is 25.4 Å². The number of carbonyl (C=O) groups excluding carboxylic acids is 2. The van der Waals surface area contributed by atoms with E-state index in [2.05, 4.69) is 31.3 Å². The Bertz CT molecular complexity index is 1200. The molecule has 0 spiro atoms. The largest absolute Gasteiger partial charge is 0.466 e. The number of esters is 1. The van der Waals surface area contributed by atoms with E-state index in [9.17, 15) is 19.8 Å². The predicted octanol–water partition coefficient (Wildman–Crippen LogP) is 22.5. The van der Waals surface area contributed by atoms with Gasteiger partial charge in [-0.2, -0.15) is 0 Å². The van der Waals surface area contributed by atoms with E-state index in [1.165, 1.54) is 327 Å². The maximum absolute atomic E-state index is 12.5. The number of ether oxygens (including phenoxy) is 1. The molecular formula is C71H137NO5. The second kappa shape index (κ2) is 66.8. The van der Waals surface area contributed by atoms with E-state index in [0.29, 0.717) is 19.4 Å². The first-order chi connectivity index (χ1) is 38.0. The molecule has 0 rings (SSSR count). The van der Waals surface area contributed by atoms with Crippen LogP contribution < -0.4 is 5.32 Å². The molecule has 77 heavy (non-hydrogen) atoms. The molecule has 6 heteroatoms. The van der Waals surface area contributed by atoms with Gasteiger partial charge >= 0.3 is 5.97 Å². The molecule has 2 atom stereocenters. The normalized spacial score (nSPS) is 12.6. The molecule has 0 saturated carbocycles. The number of aliphatic hydroxyl groups excluding tert-OH is 2. The molecular weight excluding hydrogens is 947 g/mol. The molecule has 6 nitrogen and oxygen atoms in total. The predicted molar refractivity (Wildman–Crippen MR) is 338 cm³/mol. The van der Waals surface area contributed by atoms with Gasteiger partial charge in [0.25, 0.3) is 0 Å². The zero-order valence-electron chi connectivity index (χ0n) is 52.2. The second-order valence-corrected chi connectivity index (χ2v) is 24.2. The van der Waals surface area contributed by atoms with E-state index in [-0.39, 0.29) is 18.5 Å². The van der Waals surface area contributed by atoms with Crippen molar-refractivity contribution in [1.82, 2.24) is 5.32 Å². The van der Waals surface area contributed by atoms with Gasteiger partial charge in [0.1, 0.15) is 0 Å². The highest BCUT2D eigenvalue weighted by Gasteiger charge is 2.18. The Kier molecular flexibility index (Phi) is 65.4. The summed E-state index contributed by atoms with van der Waals surface area (Å²) >= 11 is 0. The standard InChI is InChI=1S/C71H137NO5/c1-3-5-7-9-11-13-15-17-18-37-40-43-47-51-55-59-63-69(74)68(67-73)72-70(75)64-60-56-52-48-44-41-38-35-33-31-29-27-25-23-21-19-20-22-24-26-28-30-32-34-36-39-42-46-50-54-58-62-66-77-71(76)65-61-57-53-49-45-16-14-12-10-8-6-4-2/h22,24,59,63,68-69,73-74H,3-21,23,25-58,60-62,64-67H2,1-2H3,(H,72,75)/b24-22-,63-59+. The fraction of sp³-hybridized carbons (Fsp3) is 0.915. The van der Waals surface area contributed by atoms with E-state index < -0.39 is 12.1 Å².